The second-order valence-electron chi connectivity index (χ2n) is 5.41. The minimum Gasteiger partial charge on any atom is -0.465 e. The summed E-state index contributed by atoms with van der Waals surface area (Å²) in [6, 6.07) is 0.238. The van der Waals surface area contributed by atoms with Crippen LogP contribution in [0.25, 0.3) is 0 Å². The normalized spacial score (nSPS) is 14.3. The SMILES string of the molecule is CCOC(=O)C(C)(CCCCOCCOC)NC(C)C. The van der Waals surface area contributed by atoms with Crippen LogP contribution in [0.2, 0.25) is 0 Å². The maximum absolute atomic E-state index is 12.1. The van der Waals surface area contributed by atoms with Crippen molar-refractivity contribution in [1.29, 1.82) is 0 Å². The van der Waals surface area contributed by atoms with Gasteiger partial charge in [0.15, 0.2) is 0 Å². The fourth-order valence-corrected chi connectivity index (χ4v) is 2.09. The van der Waals surface area contributed by atoms with Gasteiger partial charge in [-0.2, -0.15) is 0 Å². The highest BCUT2D eigenvalue weighted by atomic mass is 16.5. The van der Waals surface area contributed by atoms with Crippen LogP contribution < -0.4 is 5.32 Å². The van der Waals surface area contributed by atoms with Crippen molar-refractivity contribution in [3.63, 3.8) is 0 Å². The van der Waals surface area contributed by atoms with Gasteiger partial charge in [0.25, 0.3) is 0 Å². The monoisotopic (exact) mass is 289 g/mol. The van der Waals surface area contributed by atoms with Crippen molar-refractivity contribution in [2.45, 2.75) is 58.5 Å². The Bertz CT molecular complexity index is 258. The Kier molecular flexibility index (Phi) is 10.7. The lowest BCUT2D eigenvalue weighted by molar-refractivity contribution is -0.151. The molecule has 0 spiro atoms. The second kappa shape index (κ2) is 11.1. The molecule has 0 aliphatic carbocycles. The predicted molar refractivity (Wildman–Crippen MR) is 79.9 cm³/mol. The lowest BCUT2D eigenvalue weighted by Gasteiger charge is -2.30. The average molecular weight is 289 g/mol. The fraction of sp³-hybridized carbons (Fsp3) is 0.933. The Morgan fingerprint density at radius 2 is 1.90 bits per heavy atom. The van der Waals surface area contributed by atoms with Gasteiger partial charge in [-0.1, -0.05) is 0 Å². The molecular weight excluding hydrogens is 258 g/mol. The second-order valence-corrected chi connectivity index (χ2v) is 5.41. The van der Waals surface area contributed by atoms with Gasteiger partial charge in [0.05, 0.1) is 19.8 Å². The summed E-state index contributed by atoms with van der Waals surface area (Å²) in [5.74, 6) is -0.172. The van der Waals surface area contributed by atoms with E-state index in [1.807, 2.05) is 27.7 Å². The number of carbonyl (C=O) groups is 1. The molecule has 1 N–H and O–H groups in total. The Morgan fingerprint density at radius 3 is 2.45 bits per heavy atom. The summed E-state index contributed by atoms with van der Waals surface area (Å²) in [6.45, 7) is 10.2. The molecule has 1 atom stereocenters. The van der Waals surface area contributed by atoms with E-state index in [4.69, 9.17) is 14.2 Å². The van der Waals surface area contributed by atoms with Crippen molar-refractivity contribution in [3.05, 3.63) is 0 Å². The summed E-state index contributed by atoms with van der Waals surface area (Å²) in [7, 11) is 1.66. The molecule has 120 valence electrons. The summed E-state index contributed by atoms with van der Waals surface area (Å²) in [5, 5.41) is 3.32. The molecular formula is C15H31NO4. The molecule has 0 aliphatic rings. The first-order valence-electron chi connectivity index (χ1n) is 7.48. The average Bonchev–Trinajstić information content (AvgIpc) is 2.37. The number of ether oxygens (including phenoxy) is 3. The van der Waals surface area contributed by atoms with E-state index in [9.17, 15) is 4.79 Å². The summed E-state index contributed by atoms with van der Waals surface area (Å²) < 4.78 is 15.5. The minimum absolute atomic E-state index is 0.172. The molecule has 0 heterocycles. The van der Waals surface area contributed by atoms with Crippen LogP contribution in [0.4, 0.5) is 0 Å². The van der Waals surface area contributed by atoms with Crippen molar-refractivity contribution >= 4 is 5.97 Å². The molecule has 0 aromatic rings. The molecule has 0 saturated carbocycles. The number of hydrogen-bond acceptors (Lipinski definition) is 5. The molecule has 1 unspecified atom stereocenters. The standard InChI is InChI=1S/C15H31NO4/c1-6-20-14(17)15(4,16-13(2)3)9-7-8-10-19-12-11-18-5/h13,16H,6-12H2,1-5H3. The third kappa shape index (κ3) is 8.51. The third-order valence-corrected chi connectivity index (χ3v) is 2.98. The Labute approximate surface area is 123 Å². The van der Waals surface area contributed by atoms with Gasteiger partial charge >= 0.3 is 5.97 Å². The maximum Gasteiger partial charge on any atom is 0.326 e. The zero-order valence-corrected chi connectivity index (χ0v) is 13.7. The van der Waals surface area contributed by atoms with E-state index in [1.54, 1.807) is 7.11 Å². The number of hydrogen-bond donors (Lipinski definition) is 1. The van der Waals surface area contributed by atoms with Crippen LogP contribution in [0.15, 0.2) is 0 Å². The molecule has 0 radical (unpaired) electrons. The quantitative estimate of drug-likeness (QED) is 0.440. The number of unbranched alkanes of at least 4 members (excludes halogenated alkanes) is 1. The van der Waals surface area contributed by atoms with Gasteiger partial charge in [-0.25, -0.2) is 0 Å². The van der Waals surface area contributed by atoms with Crippen LogP contribution in [0.3, 0.4) is 0 Å². The molecule has 0 rings (SSSR count). The molecule has 5 nitrogen and oxygen atoms in total. The van der Waals surface area contributed by atoms with E-state index in [2.05, 4.69) is 5.32 Å². The number of methoxy groups -OCH3 is 1. The summed E-state index contributed by atoms with van der Waals surface area (Å²) in [6.07, 6.45) is 2.60. The topological polar surface area (TPSA) is 56.8 Å². The van der Waals surface area contributed by atoms with E-state index in [-0.39, 0.29) is 12.0 Å². The van der Waals surface area contributed by atoms with Crippen molar-refractivity contribution in [2.75, 3.05) is 33.5 Å². The van der Waals surface area contributed by atoms with Gasteiger partial charge < -0.3 is 14.2 Å². The number of carbonyl (C=O) groups excluding carboxylic acids is 1. The number of rotatable bonds is 12. The van der Waals surface area contributed by atoms with E-state index in [0.29, 0.717) is 26.4 Å². The Hall–Kier alpha value is -0.650. The van der Waals surface area contributed by atoms with Crippen LogP contribution in [-0.2, 0) is 19.0 Å². The summed E-state index contributed by atoms with van der Waals surface area (Å²) in [5.41, 5.74) is -0.614. The Morgan fingerprint density at radius 1 is 1.20 bits per heavy atom. The highest BCUT2D eigenvalue weighted by Crippen LogP contribution is 2.17. The van der Waals surface area contributed by atoms with Crippen molar-refractivity contribution in [3.8, 4) is 0 Å². The van der Waals surface area contributed by atoms with Gasteiger partial charge in [0.2, 0.25) is 0 Å². The summed E-state index contributed by atoms with van der Waals surface area (Å²) in [4.78, 5) is 12.1. The molecule has 0 aromatic heterocycles. The highest BCUT2D eigenvalue weighted by molar-refractivity contribution is 5.80. The van der Waals surface area contributed by atoms with E-state index in [0.717, 1.165) is 19.3 Å². The van der Waals surface area contributed by atoms with Gasteiger partial charge in [-0.3, -0.25) is 10.1 Å². The van der Waals surface area contributed by atoms with Crippen LogP contribution in [0, 0.1) is 0 Å². The molecule has 0 saturated heterocycles. The number of nitrogens with one attached hydrogen (secondary N) is 1. The van der Waals surface area contributed by atoms with E-state index < -0.39 is 5.54 Å². The molecule has 0 aromatic carbocycles. The predicted octanol–water partition coefficient (Wildman–Crippen LogP) is 2.14. The lowest BCUT2D eigenvalue weighted by atomic mass is 9.94. The molecule has 5 heteroatoms. The number of esters is 1. The van der Waals surface area contributed by atoms with Gasteiger partial charge in [0.1, 0.15) is 5.54 Å². The van der Waals surface area contributed by atoms with Crippen LogP contribution >= 0.6 is 0 Å². The van der Waals surface area contributed by atoms with Crippen molar-refractivity contribution in [1.82, 2.24) is 5.32 Å². The van der Waals surface area contributed by atoms with Crippen LogP contribution in [-0.4, -0.2) is 51.1 Å². The van der Waals surface area contributed by atoms with Crippen LogP contribution in [0.1, 0.15) is 47.0 Å². The highest BCUT2D eigenvalue weighted by Gasteiger charge is 2.34. The van der Waals surface area contributed by atoms with Gasteiger partial charge in [-0.15, -0.1) is 0 Å². The zero-order valence-electron chi connectivity index (χ0n) is 13.7. The first-order chi connectivity index (χ1) is 9.46. The van der Waals surface area contributed by atoms with E-state index >= 15 is 0 Å². The first kappa shape index (κ1) is 19.4. The molecule has 0 amide bonds. The minimum atomic E-state index is -0.614. The third-order valence-electron chi connectivity index (χ3n) is 2.98. The Balaban J connectivity index is 4.07. The molecule has 20 heavy (non-hydrogen) atoms. The van der Waals surface area contributed by atoms with Crippen LogP contribution in [0.5, 0.6) is 0 Å². The van der Waals surface area contributed by atoms with Crippen molar-refractivity contribution in [2.24, 2.45) is 0 Å². The van der Waals surface area contributed by atoms with Crippen molar-refractivity contribution < 1.29 is 19.0 Å². The van der Waals surface area contributed by atoms with Gasteiger partial charge in [0, 0.05) is 19.8 Å². The molecule has 0 fully saturated rings. The van der Waals surface area contributed by atoms with E-state index in [1.165, 1.54) is 0 Å². The summed E-state index contributed by atoms with van der Waals surface area (Å²) >= 11 is 0. The maximum atomic E-state index is 12.1. The lowest BCUT2D eigenvalue weighted by Crippen LogP contribution is -2.53. The fourth-order valence-electron chi connectivity index (χ4n) is 2.09. The molecule has 0 bridgehead atoms. The first-order valence-corrected chi connectivity index (χ1v) is 7.48. The largest absolute Gasteiger partial charge is 0.465 e. The smallest absolute Gasteiger partial charge is 0.326 e. The molecule has 0 aliphatic heterocycles. The van der Waals surface area contributed by atoms with Gasteiger partial charge in [-0.05, 0) is 47.0 Å². The zero-order chi connectivity index (χ0) is 15.4.